The Labute approximate surface area is 326 Å². The lowest BCUT2D eigenvalue weighted by Gasteiger charge is -2.57. The van der Waals surface area contributed by atoms with Crippen LogP contribution >= 0.6 is 0 Å². The van der Waals surface area contributed by atoms with Gasteiger partial charge < -0.3 is 4.90 Å². The van der Waals surface area contributed by atoms with Crippen LogP contribution in [0, 0.1) is 24.7 Å². The molecule has 0 radical (unpaired) electrons. The van der Waals surface area contributed by atoms with Gasteiger partial charge in [0, 0.05) is 22.5 Å². The SMILES string of the molecule is Cc1ccccc1-c1c(-c2ccc(N(c3ccc(C45CC6CC(CC(C6)C4)C5)cc3)c3ccc4c(c3)C(C)(C)c3ccccc3-4)cc2)ccc2ccccc12. The van der Waals surface area contributed by atoms with Gasteiger partial charge in [0.2, 0.25) is 0 Å². The van der Waals surface area contributed by atoms with Gasteiger partial charge in [-0.3, -0.25) is 0 Å². The predicted molar refractivity (Wildman–Crippen MR) is 232 cm³/mol. The van der Waals surface area contributed by atoms with Crippen LogP contribution in [0.2, 0.25) is 0 Å². The molecule has 4 saturated carbocycles. The number of hydrogen-bond acceptors (Lipinski definition) is 1. The second-order valence-corrected chi connectivity index (χ2v) is 18.1. The molecule has 0 spiro atoms. The van der Waals surface area contributed by atoms with Gasteiger partial charge in [0.05, 0.1) is 0 Å². The molecular weight excluding hydrogens is 663 g/mol. The molecule has 0 saturated heterocycles. The molecule has 7 aromatic rings. The number of fused-ring (bicyclic) bond motifs is 4. The summed E-state index contributed by atoms with van der Waals surface area (Å²) in [6.45, 7) is 7.00. The van der Waals surface area contributed by atoms with Crippen LogP contribution in [-0.4, -0.2) is 0 Å². The maximum Gasteiger partial charge on any atom is 0.0465 e. The van der Waals surface area contributed by atoms with E-state index < -0.39 is 0 Å². The van der Waals surface area contributed by atoms with E-state index in [9.17, 15) is 0 Å². The summed E-state index contributed by atoms with van der Waals surface area (Å²) in [5.41, 5.74) is 17.4. The van der Waals surface area contributed by atoms with Crippen molar-refractivity contribution in [3.8, 4) is 33.4 Å². The van der Waals surface area contributed by atoms with Gasteiger partial charge in [0.25, 0.3) is 0 Å². The molecule has 7 aromatic carbocycles. The average Bonchev–Trinajstić information content (AvgIpc) is 3.43. The summed E-state index contributed by atoms with van der Waals surface area (Å²) in [4.78, 5) is 2.50. The first kappa shape index (κ1) is 33.0. The highest BCUT2D eigenvalue weighted by Gasteiger charge is 2.51. The van der Waals surface area contributed by atoms with E-state index in [1.807, 2.05) is 0 Å². The Hall–Kier alpha value is -5.40. The zero-order valence-electron chi connectivity index (χ0n) is 32.4. The number of hydrogen-bond donors (Lipinski definition) is 0. The Balaban J connectivity index is 1.03. The second kappa shape index (κ2) is 12.3. The molecule has 4 fully saturated rings. The minimum atomic E-state index is -0.0676. The largest absolute Gasteiger partial charge is 0.310 e. The zero-order chi connectivity index (χ0) is 36.9. The molecule has 0 unspecified atom stereocenters. The Morgan fingerprint density at radius 2 is 1.05 bits per heavy atom. The van der Waals surface area contributed by atoms with Crippen LogP contribution in [0.1, 0.15) is 74.6 Å². The topological polar surface area (TPSA) is 3.24 Å². The smallest absolute Gasteiger partial charge is 0.0465 e. The molecule has 1 heteroatoms. The van der Waals surface area contributed by atoms with Crippen molar-refractivity contribution in [1.82, 2.24) is 0 Å². The summed E-state index contributed by atoms with van der Waals surface area (Å²) in [5.74, 6) is 2.82. The first-order valence-corrected chi connectivity index (χ1v) is 20.7. The third kappa shape index (κ3) is 5.19. The molecule has 0 aliphatic heterocycles. The van der Waals surface area contributed by atoms with Crippen molar-refractivity contribution in [1.29, 1.82) is 0 Å². The lowest BCUT2D eigenvalue weighted by Crippen LogP contribution is -2.48. The molecule has 5 aliphatic rings. The van der Waals surface area contributed by atoms with Gasteiger partial charge in [0.1, 0.15) is 0 Å². The Morgan fingerprint density at radius 1 is 0.491 bits per heavy atom. The first-order valence-electron chi connectivity index (χ1n) is 20.7. The molecule has 0 aromatic heterocycles. The van der Waals surface area contributed by atoms with Gasteiger partial charge in [-0.1, -0.05) is 129 Å². The van der Waals surface area contributed by atoms with Crippen LogP contribution in [0.15, 0.2) is 152 Å². The highest BCUT2D eigenvalue weighted by molar-refractivity contribution is 6.05. The summed E-state index contributed by atoms with van der Waals surface area (Å²) < 4.78 is 0. The maximum atomic E-state index is 2.50. The van der Waals surface area contributed by atoms with Gasteiger partial charge in [-0.25, -0.2) is 0 Å². The van der Waals surface area contributed by atoms with E-state index in [1.54, 1.807) is 5.56 Å². The average molecular weight is 712 g/mol. The van der Waals surface area contributed by atoms with Gasteiger partial charge in [-0.05, 0) is 171 Å². The van der Waals surface area contributed by atoms with E-state index in [-0.39, 0.29) is 5.41 Å². The van der Waals surface area contributed by atoms with Crippen molar-refractivity contribution in [2.75, 3.05) is 4.90 Å². The highest BCUT2D eigenvalue weighted by Crippen LogP contribution is 2.61. The van der Waals surface area contributed by atoms with Gasteiger partial charge in [0.15, 0.2) is 0 Å². The molecule has 12 rings (SSSR count). The number of benzene rings is 7. The minimum Gasteiger partial charge on any atom is -0.310 e. The van der Waals surface area contributed by atoms with E-state index in [0.717, 1.165) is 17.8 Å². The Kier molecular flexibility index (Phi) is 7.38. The fourth-order valence-corrected chi connectivity index (χ4v) is 12.2. The van der Waals surface area contributed by atoms with E-state index in [4.69, 9.17) is 0 Å². The molecular formula is C54H49N. The second-order valence-electron chi connectivity index (χ2n) is 18.1. The van der Waals surface area contributed by atoms with E-state index in [2.05, 4.69) is 177 Å². The van der Waals surface area contributed by atoms with Crippen molar-refractivity contribution < 1.29 is 0 Å². The lowest BCUT2D eigenvalue weighted by molar-refractivity contribution is -0.00518. The van der Waals surface area contributed by atoms with Crippen molar-refractivity contribution in [3.63, 3.8) is 0 Å². The van der Waals surface area contributed by atoms with Gasteiger partial charge >= 0.3 is 0 Å². The van der Waals surface area contributed by atoms with Crippen molar-refractivity contribution in [2.45, 2.75) is 70.1 Å². The lowest BCUT2D eigenvalue weighted by atomic mass is 9.48. The molecule has 0 atom stereocenters. The molecule has 0 N–H and O–H groups in total. The van der Waals surface area contributed by atoms with E-state index >= 15 is 0 Å². The quantitative estimate of drug-likeness (QED) is 0.166. The Bertz CT molecular complexity index is 2570. The van der Waals surface area contributed by atoms with Crippen molar-refractivity contribution in [3.05, 3.63) is 174 Å². The predicted octanol–water partition coefficient (Wildman–Crippen LogP) is 14.7. The van der Waals surface area contributed by atoms with Crippen LogP contribution in [0.4, 0.5) is 17.1 Å². The Morgan fingerprint density at radius 3 is 1.76 bits per heavy atom. The summed E-state index contributed by atoms with van der Waals surface area (Å²) in [7, 11) is 0. The molecule has 4 bridgehead atoms. The first-order chi connectivity index (χ1) is 26.8. The standard InChI is InChI=1S/C54H49N/c1-35-10-4-6-12-45(35)52-46-13-7-5-11-39(46)18-26-47(52)40-16-21-42(22-17-40)55(44-25-27-49-48-14-8-9-15-50(48)53(2,3)51(49)31-44)43-23-19-41(20-24-43)54-32-36-28-37(33-54)30-38(29-36)34-54/h4-27,31,36-38H,28-30,32-34H2,1-3H3. The summed E-state index contributed by atoms with van der Waals surface area (Å²) in [5, 5.41) is 2.56. The third-order valence-electron chi connectivity index (χ3n) is 14.4. The monoisotopic (exact) mass is 711 g/mol. The van der Waals surface area contributed by atoms with Gasteiger partial charge in [-0.2, -0.15) is 0 Å². The zero-order valence-corrected chi connectivity index (χ0v) is 32.4. The number of aryl methyl sites for hydroxylation is 1. The third-order valence-corrected chi connectivity index (χ3v) is 14.4. The molecule has 1 nitrogen and oxygen atoms in total. The minimum absolute atomic E-state index is 0.0676. The van der Waals surface area contributed by atoms with Crippen LogP contribution in [0.3, 0.4) is 0 Å². The summed E-state index contributed by atoms with van der Waals surface area (Å²) >= 11 is 0. The van der Waals surface area contributed by atoms with Crippen LogP contribution in [-0.2, 0) is 10.8 Å². The van der Waals surface area contributed by atoms with Crippen LogP contribution < -0.4 is 4.90 Å². The molecule has 270 valence electrons. The highest BCUT2D eigenvalue weighted by atomic mass is 15.1. The van der Waals surface area contributed by atoms with Crippen LogP contribution in [0.25, 0.3) is 44.2 Å². The summed E-state index contributed by atoms with van der Waals surface area (Å²) in [6.07, 6.45) is 8.61. The van der Waals surface area contributed by atoms with Gasteiger partial charge in [-0.15, -0.1) is 0 Å². The fourth-order valence-electron chi connectivity index (χ4n) is 12.2. The molecule has 5 aliphatic carbocycles. The summed E-state index contributed by atoms with van der Waals surface area (Å²) in [6, 6.07) is 57.6. The van der Waals surface area contributed by atoms with Crippen molar-refractivity contribution in [2.24, 2.45) is 17.8 Å². The maximum absolute atomic E-state index is 2.50. The number of anilines is 3. The number of nitrogens with zero attached hydrogens (tertiary/aromatic N) is 1. The van der Waals surface area contributed by atoms with Crippen molar-refractivity contribution >= 4 is 27.8 Å². The fraction of sp³-hybridized carbons (Fsp3) is 0.259. The van der Waals surface area contributed by atoms with Crippen LogP contribution in [0.5, 0.6) is 0 Å². The molecule has 55 heavy (non-hydrogen) atoms. The molecule has 0 heterocycles. The number of rotatable bonds is 6. The van der Waals surface area contributed by atoms with E-state index in [1.165, 1.54) is 116 Å². The normalized spacial score (nSPS) is 22.8. The van der Waals surface area contributed by atoms with E-state index in [0.29, 0.717) is 5.41 Å². The molecule has 0 amide bonds.